The Morgan fingerprint density at radius 2 is 1.70 bits per heavy atom. The number of carbonyl (C=O) groups excluding carboxylic acids is 1. The van der Waals surface area contributed by atoms with Gasteiger partial charge in [0.25, 0.3) is 0 Å². The van der Waals surface area contributed by atoms with E-state index < -0.39 is 23.5 Å². The number of alkyl carbamates (subject to hydrolysis) is 1. The lowest BCUT2D eigenvalue weighted by atomic mass is 9.31. The minimum Gasteiger partial charge on any atom is -0.480 e. The molecule has 140 valence electrons. The Balaban J connectivity index is 1.38. The number of carboxylic acid groups (broad SMARTS) is 1. The normalized spacial score (nSPS) is 26.3. The fraction of sp³-hybridized carbons (Fsp3) is 0.333. The minimum atomic E-state index is -1.09. The first-order valence-electron chi connectivity index (χ1n) is 8.89. The number of nitrogens with one attached hydrogen (secondary N) is 1. The van der Waals surface area contributed by atoms with Crippen molar-refractivity contribution in [2.45, 2.75) is 37.3 Å². The number of aliphatic carboxylic acids is 1. The smallest absolute Gasteiger partial charge is 0.408 e. The summed E-state index contributed by atoms with van der Waals surface area (Å²) < 4.78 is 19.2. The van der Waals surface area contributed by atoms with Crippen molar-refractivity contribution in [3.8, 4) is 0 Å². The van der Waals surface area contributed by atoms with Gasteiger partial charge in [0.15, 0.2) is 0 Å². The summed E-state index contributed by atoms with van der Waals surface area (Å²) in [5.74, 6) is -1.35. The Bertz CT molecular complexity index is 863. The van der Waals surface area contributed by atoms with Gasteiger partial charge >= 0.3 is 12.1 Å². The Labute approximate surface area is 156 Å². The number of halogens is 1. The number of ether oxygens (including phenoxy) is 1. The van der Waals surface area contributed by atoms with Crippen LogP contribution in [-0.4, -0.2) is 23.2 Å². The van der Waals surface area contributed by atoms with E-state index in [-0.39, 0.29) is 17.8 Å². The highest BCUT2D eigenvalue weighted by atomic mass is 19.1. The van der Waals surface area contributed by atoms with E-state index in [9.17, 15) is 19.1 Å². The van der Waals surface area contributed by atoms with Crippen LogP contribution in [0, 0.1) is 11.2 Å². The largest absolute Gasteiger partial charge is 0.480 e. The van der Waals surface area contributed by atoms with Crippen LogP contribution in [0.2, 0.25) is 0 Å². The molecule has 1 amide bonds. The van der Waals surface area contributed by atoms with E-state index in [0.29, 0.717) is 24.8 Å². The Morgan fingerprint density at radius 3 is 2.33 bits per heavy atom. The number of benzene rings is 2. The van der Waals surface area contributed by atoms with E-state index in [1.807, 2.05) is 30.3 Å². The molecule has 0 aliphatic heterocycles. The van der Waals surface area contributed by atoms with Gasteiger partial charge < -0.3 is 15.2 Å². The van der Waals surface area contributed by atoms with Gasteiger partial charge in [-0.15, -0.1) is 0 Å². The van der Waals surface area contributed by atoms with Crippen LogP contribution in [-0.2, 0) is 21.6 Å². The second-order valence-electron chi connectivity index (χ2n) is 7.63. The molecule has 0 saturated heterocycles. The van der Waals surface area contributed by atoms with Crippen molar-refractivity contribution in [2.75, 3.05) is 0 Å². The van der Waals surface area contributed by atoms with Crippen molar-refractivity contribution < 1.29 is 23.8 Å². The highest BCUT2D eigenvalue weighted by molar-refractivity contribution is 5.82. The number of carbonyl (C=O) groups is 2. The summed E-state index contributed by atoms with van der Waals surface area (Å²) in [7, 11) is 0. The summed E-state index contributed by atoms with van der Waals surface area (Å²) in [5.41, 5.74) is 0.639. The summed E-state index contributed by atoms with van der Waals surface area (Å²) in [6.07, 6.45) is 0.904. The van der Waals surface area contributed by atoms with Gasteiger partial charge in [-0.2, -0.15) is 0 Å². The molecule has 0 heterocycles. The van der Waals surface area contributed by atoms with Gasteiger partial charge in [-0.1, -0.05) is 48.5 Å². The van der Waals surface area contributed by atoms with Crippen molar-refractivity contribution >= 4 is 12.1 Å². The second-order valence-corrected chi connectivity index (χ2v) is 7.63. The predicted octanol–water partition coefficient (Wildman–Crippen LogP) is 3.63. The third-order valence-electron chi connectivity index (χ3n) is 5.85. The van der Waals surface area contributed by atoms with E-state index in [1.165, 1.54) is 6.07 Å². The van der Waals surface area contributed by atoms with Crippen LogP contribution in [0.1, 0.15) is 30.4 Å². The number of hydrogen-bond donors (Lipinski definition) is 2. The lowest BCUT2D eigenvalue weighted by Crippen LogP contribution is -2.73. The first kappa shape index (κ1) is 17.5. The van der Waals surface area contributed by atoms with Crippen molar-refractivity contribution in [2.24, 2.45) is 5.41 Å². The second kappa shape index (κ2) is 6.37. The molecule has 0 radical (unpaired) electrons. The molecule has 0 aromatic heterocycles. The van der Waals surface area contributed by atoms with Crippen LogP contribution in [0.5, 0.6) is 0 Å². The van der Waals surface area contributed by atoms with Gasteiger partial charge in [-0.25, -0.2) is 14.0 Å². The molecule has 3 aliphatic carbocycles. The van der Waals surface area contributed by atoms with Crippen molar-refractivity contribution in [3.63, 3.8) is 0 Å². The van der Waals surface area contributed by atoms with Gasteiger partial charge in [0.2, 0.25) is 0 Å². The Hall–Kier alpha value is -2.89. The standard InChI is InChI=1S/C21H20FNO4/c22-16-9-5-4-8-15(16)20-11-21(12-20,13-20)17(18(24)25)23-19(26)27-10-14-6-2-1-3-7-14/h1-9,17H,10-13H2,(H,23,26)(H,24,25). The SMILES string of the molecule is O=C(NC(C(=O)O)C12CC(c3ccccc3F)(C1)C2)OCc1ccccc1. The monoisotopic (exact) mass is 369 g/mol. The van der Waals surface area contributed by atoms with Gasteiger partial charge in [0, 0.05) is 10.8 Å². The van der Waals surface area contributed by atoms with E-state index in [2.05, 4.69) is 5.32 Å². The molecule has 5 rings (SSSR count). The summed E-state index contributed by atoms with van der Waals surface area (Å²) in [6, 6.07) is 14.8. The fourth-order valence-corrected chi connectivity index (χ4v) is 4.71. The average molecular weight is 369 g/mol. The molecule has 1 unspecified atom stereocenters. The van der Waals surface area contributed by atoms with E-state index >= 15 is 0 Å². The van der Waals surface area contributed by atoms with Crippen LogP contribution in [0.15, 0.2) is 54.6 Å². The molecule has 6 heteroatoms. The van der Waals surface area contributed by atoms with Gasteiger partial charge in [-0.05, 0) is 36.5 Å². The van der Waals surface area contributed by atoms with Gasteiger partial charge in [-0.3, -0.25) is 0 Å². The zero-order chi connectivity index (χ0) is 19.1. The molecule has 1 atom stereocenters. The van der Waals surface area contributed by atoms with E-state index in [1.54, 1.807) is 18.2 Å². The molecule has 2 aromatic rings. The number of hydrogen-bond acceptors (Lipinski definition) is 3. The summed E-state index contributed by atoms with van der Waals surface area (Å²) >= 11 is 0. The molecular weight excluding hydrogens is 349 g/mol. The van der Waals surface area contributed by atoms with Crippen LogP contribution in [0.4, 0.5) is 9.18 Å². The van der Waals surface area contributed by atoms with Crippen molar-refractivity contribution in [1.29, 1.82) is 0 Å². The summed E-state index contributed by atoms with van der Waals surface area (Å²) in [6.45, 7) is 0.0746. The maximum absolute atomic E-state index is 14.1. The van der Waals surface area contributed by atoms with Crippen LogP contribution in [0.25, 0.3) is 0 Å². The predicted molar refractivity (Wildman–Crippen MR) is 95.5 cm³/mol. The maximum atomic E-state index is 14.1. The van der Waals surface area contributed by atoms with Crippen LogP contribution in [0.3, 0.4) is 0 Å². The number of rotatable bonds is 6. The quantitative estimate of drug-likeness (QED) is 0.815. The number of carboxylic acids is 1. The van der Waals surface area contributed by atoms with E-state index in [4.69, 9.17) is 4.74 Å². The molecule has 2 bridgehead atoms. The van der Waals surface area contributed by atoms with Crippen LogP contribution < -0.4 is 5.32 Å². The Kier molecular flexibility index (Phi) is 4.13. The summed E-state index contributed by atoms with van der Waals surface area (Å²) in [5, 5.41) is 12.1. The van der Waals surface area contributed by atoms with Crippen molar-refractivity contribution in [1.82, 2.24) is 5.32 Å². The molecule has 3 aliphatic rings. The Morgan fingerprint density at radius 1 is 1.07 bits per heavy atom. The summed E-state index contributed by atoms with van der Waals surface area (Å²) in [4.78, 5) is 23.8. The third kappa shape index (κ3) is 2.95. The van der Waals surface area contributed by atoms with E-state index in [0.717, 1.165) is 5.56 Å². The maximum Gasteiger partial charge on any atom is 0.408 e. The highest BCUT2D eigenvalue weighted by Gasteiger charge is 2.73. The molecule has 5 nitrogen and oxygen atoms in total. The average Bonchev–Trinajstić information content (AvgIpc) is 2.59. The lowest BCUT2D eigenvalue weighted by molar-refractivity contribution is -0.183. The van der Waals surface area contributed by atoms with Gasteiger partial charge in [0.1, 0.15) is 18.5 Å². The first-order valence-corrected chi connectivity index (χ1v) is 8.89. The lowest BCUT2D eigenvalue weighted by Gasteiger charge is -2.72. The molecule has 27 heavy (non-hydrogen) atoms. The molecule has 2 aromatic carbocycles. The first-order chi connectivity index (χ1) is 12.9. The fourth-order valence-electron chi connectivity index (χ4n) is 4.71. The van der Waals surface area contributed by atoms with Crippen LogP contribution >= 0.6 is 0 Å². The molecule has 0 spiro atoms. The third-order valence-corrected chi connectivity index (χ3v) is 5.85. The zero-order valence-electron chi connectivity index (χ0n) is 14.7. The number of amides is 1. The highest BCUT2D eigenvalue weighted by Crippen LogP contribution is 2.75. The molecular formula is C21H20FNO4. The van der Waals surface area contributed by atoms with Crippen molar-refractivity contribution in [3.05, 3.63) is 71.5 Å². The molecule has 2 N–H and O–H groups in total. The van der Waals surface area contributed by atoms with Gasteiger partial charge in [0.05, 0.1) is 0 Å². The molecule has 3 fully saturated rings. The zero-order valence-corrected chi connectivity index (χ0v) is 14.7. The minimum absolute atomic E-state index is 0.0746. The molecule has 3 saturated carbocycles. The topological polar surface area (TPSA) is 75.6 Å².